The van der Waals surface area contributed by atoms with Crippen LogP contribution < -0.4 is 10.2 Å². The van der Waals surface area contributed by atoms with E-state index in [4.69, 9.17) is 4.74 Å². The summed E-state index contributed by atoms with van der Waals surface area (Å²) < 4.78 is 5.12. The first-order valence-electron chi connectivity index (χ1n) is 10.3. The maximum Gasteiger partial charge on any atom is 0.243 e. The summed E-state index contributed by atoms with van der Waals surface area (Å²) in [5, 5.41) is 3.30. The molecule has 1 saturated heterocycles. The van der Waals surface area contributed by atoms with Crippen molar-refractivity contribution < 1.29 is 9.53 Å². The van der Waals surface area contributed by atoms with Crippen molar-refractivity contribution in [3.63, 3.8) is 0 Å². The average Bonchev–Trinajstić information content (AvgIpc) is 2.75. The molecular weight excluding hydrogens is 495 g/mol. The van der Waals surface area contributed by atoms with Gasteiger partial charge >= 0.3 is 0 Å². The van der Waals surface area contributed by atoms with E-state index in [0.717, 1.165) is 32.0 Å². The normalized spacial score (nSPS) is 14.8. The van der Waals surface area contributed by atoms with Crippen molar-refractivity contribution in [1.29, 1.82) is 0 Å². The fourth-order valence-corrected chi connectivity index (χ4v) is 3.38. The second-order valence-corrected chi connectivity index (χ2v) is 7.69. The van der Waals surface area contributed by atoms with E-state index in [1.54, 1.807) is 26.1 Å². The molecule has 9 heteroatoms. The number of amides is 1. The third kappa shape index (κ3) is 9.03. The van der Waals surface area contributed by atoms with Crippen molar-refractivity contribution >= 4 is 41.5 Å². The van der Waals surface area contributed by atoms with Gasteiger partial charge in [-0.3, -0.25) is 9.78 Å². The number of piperidine rings is 1. The predicted molar refractivity (Wildman–Crippen MR) is 133 cm³/mol. The van der Waals surface area contributed by atoms with Gasteiger partial charge in [-0.25, -0.2) is 4.99 Å². The number of carbonyl (C=O) groups excluding carboxylic acids is 1. The van der Waals surface area contributed by atoms with Crippen LogP contribution in [0.1, 0.15) is 19.3 Å². The lowest BCUT2D eigenvalue weighted by molar-refractivity contribution is -0.127. The van der Waals surface area contributed by atoms with Crippen molar-refractivity contribution in [2.45, 2.75) is 19.3 Å². The van der Waals surface area contributed by atoms with E-state index in [1.807, 2.05) is 19.4 Å². The molecule has 1 N–H and O–H groups in total. The van der Waals surface area contributed by atoms with E-state index < -0.39 is 0 Å². The maximum absolute atomic E-state index is 11.9. The summed E-state index contributed by atoms with van der Waals surface area (Å²) in [6.45, 7) is 4.50. The van der Waals surface area contributed by atoms with E-state index in [0.29, 0.717) is 19.1 Å². The highest BCUT2D eigenvalue weighted by Crippen LogP contribution is 2.24. The highest BCUT2D eigenvalue weighted by Gasteiger charge is 2.20. The van der Waals surface area contributed by atoms with E-state index in [9.17, 15) is 4.79 Å². The van der Waals surface area contributed by atoms with Gasteiger partial charge in [-0.2, -0.15) is 0 Å². The molecule has 1 aliphatic rings. The quantitative estimate of drug-likeness (QED) is 0.227. The molecule has 1 aliphatic heterocycles. The second kappa shape index (κ2) is 14.4. The van der Waals surface area contributed by atoms with Gasteiger partial charge in [0.05, 0.1) is 6.61 Å². The Kier molecular flexibility index (Phi) is 12.7. The van der Waals surface area contributed by atoms with Crippen LogP contribution in [0, 0.1) is 5.92 Å². The number of rotatable bonds is 9. The molecule has 1 aromatic rings. The van der Waals surface area contributed by atoms with Crippen LogP contribution in [0.5, 0.6) is 0 Å². The number of halogens is 1. The Morgan fingerprint density at radius 3 is 2.53 bits per heavy atom. The molecule has 1 amide bonds. The predicted octanol–water partition coefficient (Wildman–Crippen LogP) is 1.92. The molecule has 0 radical (unpaired) electrons. The number of ether oxygens (including phenoxy) is 1. The Labute approximate surface area is 198 Å². The average molecular weight is 532 g/mol. The van der Waals surface area contributed by atoms with Crippen molar-refractivity contribution in [2.24, 2.45) is 10.9 Å². The van der Waals surface area contributed by atoms with Crippen LogP contribution in [0.15, 0.2) is 29.5 Å². The Morgan fingerprint density at radius 2 is 1.93 bits per heavy atom. The van der Waals surface area contributed by atoms with Gasteiger partial charge in [0.1, 0.15) is 6.54 Å². The summed E-state index contributed by atoms with van der Waals surface area (Å²) >= 11 is 0. The third-order valence-electron chi connectivity index (χ3n) is 5.33. The summed E-state index contributed by atoms with van der Waals surface area (Å²) in [6, 6.07) is 4.16. The minimum absolute atomic E-state index is 0. The van der Waals surface area contributed by atoms with Crippen LogP contribution in [0.2, 0.25) is 0 Å². The third-order valence-corrected chi connectivity index (χ3v) is 5.33. The van der Waals surface area contributed by atoms with E-state index in [-0.39, 0.29) is 36.4 Å². The summed E-state index contributed by atoms with van der Waals surface area (Å²) in [6.07, 6.45) is 7.22. The molecule has 0 aromatic carbocycles. The number of aromatic nitrogens is 1. The van der Waals surface area contributed by atoms with Gasteiger partial charge in [0, 0.05) is 72.5 Å². The monoisotopic (exact) mass is 532 g/mol. The first-order valence-corrected chi connectivity index (χ1v) is 10.3. The minimum atomic E-state index is -0.00655. The number of anilines is 1. The molecule has 1 fully saturated rings. The molecule has 0 atom stereocenters. The van der Waals surface area contributed by atoms with Crippen LogP contribution in [0.3, 0.4) is 0 Å². The highest BCUT2D eigenvalue weighted by atomic mass is 127. The van der Waals surface area contributed by atoms with Crippen LogP contribution in [-0.2, 0) is 9.53 Å². The number of hydrogen-bond donors (Lipinski definition) is 1. The van der Waals surface area contributed by atoms with Crippen molar-refractivity contribution in [1.82, 2.24) is 20.1 Å². The number of pyridine rings is 1. The zero-order valence-electron chi connectivity index (χ0n) is 18.7. The summed E-state index contributed by atoms with van der Waals surface area (Å²) in [4.78, 5) is 26.6. The SMILES string of the molecule is COCCNC(=NCC(=O)N(C)C)N(C)CCC1CCN(c2ccncc2)CC1.I. The van der Waals surface area contributed by atoms with E-state index >= 15 is 0 Å². The lowest BCUT2D eigenvalue weighted by Crippen LogP contribution is -2.42. The Hall–Kier alpha value is -1.62. The number of nitrogens with one attached hydrogen (secondary N) is 1. The van der Waals surface area contributed by atoms with Gasteiger partial charge in [-0.15, -0.1) is 24.0 Å². The first kappa shape index (κ1) is 26.4. The van der Waals surface area contributed by atoms with Gasteiger partial charge in [0.2, 0.25) is 5.91 Å². The van der Waals surface area contributed by atoms with Crippen molar-refractivity contribution in [3.05, 3.63) is 24.5 Å². The van der Waals surface area contributed by atoms with Crippen LogP contribution in [-0.4, -0.2) is 94.2 Å². The smallest absolute Gasteiger partial charge is 0.243 e. The molecule has 0 aliphatic carbocycles. The van der Waals surface area contributed by atoms with Crippen molar-refractivity contribution in [3.8, 4) is 0 Å². The Bertz CT molecular complexity index is 636. The summed E-state index contributed by atoms with van der Waals surface area (Å²) in [5.74, 6) is 1.46. The lowest BCUT2D eigenvalue weighted by Gasteiger charge is -2.34. The number of guanidine groups is 1. The molecule has 2 heterocycles. The zero-order chi connectivity index (χ0) is 21.1. The molecule has 2 rings (SSSR count). The zero-order valence-corrected chi connectivity index (χ0v) is 21.0. The maximum atomic E-state index is 11.9. The largest absolute Gasteiger partial charge is 0.383 e. The van der Waals surface area contributed by atoms with Gasteiger partial charge in [-0.05, 0) is 37.3 Å². The number of nitrogens with zero attached hydrogens (tertiary/aromatic N) is 5. The summed E-state index contributed by atoms with van der Waals surface area (Å²) in [7, 11) is 7.21. The van der Waals surface area contributed by atoms with Gasteiger partial charge in [0.15, 0.2) is 5.96 Å². The first-order chi connectivity index (χ1) is 14.0. The topological polar surface area (TPSA) is 73.3 Å². The fraction of sp³-hybridized carbons (Fsp3) is 0.667. The molecule has 0 saturated carbocycles. The van der Waals surface area contributed by atoms with Gasteiger partial charge < -0.3 is 24.8 Å². The summed E-state index contributed by atoms with van der Waals surface area (Å²) in [5.41, 5.74) is 1.26. The van der Waals surface area contributed by atoms with Crippen LogP contribution >= 0.6 is 24.0 Å². The van der Waals surface area contributed by atoms with Crippen LogP contribution in [0.4, 0.5) is 5.69 Å². The fourth-order valence-electron chi connectivity index (χ4n) is 3.38. The molecular formula is C21H37IN6O2. The Morgan fingerprint density at radius 1 is 1.27 bits per heavy atom. The molecule has 30 heavy (non-hydrogen) atoms. The lowest BCUT2D eigenvalue weighted by atomic mass is 9.93. The number of hydrogen-bond acceptors (Lipinski definition) is 5. The second-order valence-electron chi connectivity index (χ2n) is 7.69. The molecule has 1 aromatic heterocycles. The molecule has 0 spiro atoms. The number of aliphatic imine (C=N–C) groups is 1. The number of methoxy groups -OCH3 is 1. The minimum Gasteiger partial charge on any atom is -0.383 e. The van der Waals surface area contributed by atoms with E-state index in [1.165, 1.54) is 18.5 Å². The molecule has 0 unspecified atom stereocenters. The number of likely N-dealkylation sites (N-methyl/N-ethyl adjacent to an activating group) is 1. The molecule has 8 nitrogen and oxygen atoms in total. The van der Waals surface area contributed by atoms with Gasteiger partial charge in [-0.1, -0.05) is 0 Å². The standard InChI is InChI=1S/C21H36N6O2.HI/c1-25(2)20(28)17-24-21(23-12-16-29-4)26(3)13-7-18-8-14-27(15-9-18)19-5-10-22-11-6-19;/h5-6,10-11,18H,7-9,12-17H2,1-4H3,(H,23,24);1H. The Balaban J connectivity index is 0.00000450. The van der Waals surface area contributed by atoms with Crippen molar-refractivity contribution in [2.75, 3.05) is 72.5 Å². The van der Waals surface area contributed by atoms with Gasteiger partial charge in [0.25, 0.3) is 0 Å². The van der Waals surface area contributed by atoms with Crippen LogP contribution in [0.25, 0.3) is 0 Å². The molecule has 0 bridgehead atoms. The van der Waals surface area contributed by atoms with E-state index in [2.05, 4.69) is 37.2 Å². The molecule has 170 valence electrons. The highest BCUT2D eigenvalue weighted by molar-refractivity contribution is 14.0. The number of carbonyl (C=O) groups is 1.